The molecule has 0 aliphatic carbocycles. The molecule has 0 fully saturated rings. The highest BCUT2D eigenvalue weighted by Gasteiger charge is 2.29. The molecule has 5 nitrogen and oxygen atoms in total. The van der Waals surface area contributed by atoms with E-state index in [1.165, 1.54) is 9.58 Å². The zero-order valence-corrected chi connectivity index (χ0v) is 12.1. The third kappa shape index (κ3) is 1.81. The minimum Gasteiger partial charge on any atom is -0.294 e. The molecule has 3 rings (SSSR count). The van der Waals surface area contributed by atoms with Gasteiger partial charge < -0.3 is 0 Å². The molecule has 0 N–H and O–H groups in total. The smallest absolute Gasteiger partial charge is 0.282 e. The number of anilines is 1. The topological polar surface area (TPSA) is 54.7 Å². The number of pyridine rings is 1. The van der Waals surface area contributed by atoms with Crippen molar-refractivity contribution in [2.24, 2.45) is 12.1 Å². The molecule has 0 radical (unpaired) electrons. The van der Waals surface area contributed by atoms with Crippen molar-refractivity contribution in [1.82, 2.24) is 4.57 Å². The fourth-order valence-electron chi connectivity index (χ4n) is 2.61. The van der Waals surface area contributed by atoms with E-state index >= 15 is 0 Å². The normalized spacial score (nSPS) is 14.3. The lowest BCUT2D eigenvalue weighted by atomic mass is 10.1. The summed E-state index contributed by atoms with van der Waals surface area (Å²) in [5, 5.41) is 6.23. The predicted octanol–water partition coefficient (Wildman–Crippen LogP) is 0.689. The summed E-state index contributed by atoms with van der Waals surface area (Å²) in [5.41, 5.74) is 2.14. The summed E-state index contributed by atoms with van der Waals surface area (Å²) in [7, 11) is 1.64. The Bertz CT molecular complexity index is 911. The van der Waals surface area contributed by atoms with E-state index in [0.29, 0.717) is 27.5 Å². The van der Waals surface area contributed by atoms with Crippen LogP contribution in [-0.4, -0.2) is 10.5 Å². The van der Waals surface area contributed by atoms with Gasteiger partial charge in [0.25, 0.3) is 11.5 Å². The van der Waals surface area contributed by atoms with Gasteiger partial charge in [0.15, 0.2) is 5.49 Å². The van der Waals surface area contributed by atoms with Crippen LogP contribution in [0, 0.1) is 6.92 Å². The molecule has 0 saturated heterocycles. The molecule has 1 aliphatic heterocycles. The van der Waals surface area contributed by atoms with Crippen LogP contribution in [0.5, 0.6) is 0 Å². The number of hydrogen-bond donors (Lipinski definition) is 0. The lowest BCUT2D eigenvalue weighted by Gasteiger charge is -2.11. The van der Waals surface area contributed by atoms with Gasteiger partial charge in [0.2, 0.25) is 0 Å². The van der Waals surface area contributed by atoms with Crippen LogP contribution < -0.4 is 21.3 Å². The SMILES string of the molecule is C/C=c1\c(C)c2c(n(C)c1=O)=NN(c1ccccc1)C2=O. The van der Waals surface area contributed by atoms with Crippen molar-refractivity contribution in [1.29, 1.82) is 0 Å². The molecule has 5 heteroatoms. The van der Waals surface area contributed by atoms with Crippen molar-refractivity contribution >= 4 is 17.7 Å². The highest BCUT2D eigenvalue weighted by molar-refractivity contribution is 6.07. The van der Waals surface area contributed by atoms with Gasteiger partial charge in [-0.15, -0.1) is 5.10 Å². The van der Waals surface area contributed by atoms with Gasteiger partial charge in [0.1, 0.15) is 0 Å². The van der Waals surface area contributed by atoms with Gasteiger partial charge in [-0.05, 0) is 31.5 Å². The monoisotopic (exact) mass is 281 g/mol. The number of hydrogen-bond acceptors (Lipinski definition) is 3. The standard InChI is InChI=1S/C16H15N3O2/c1-4-12-10(2)13-14(18(3)15(12)20)17-19(16(13)21)11-8-6-5-7-9-11/h4-9H,1-3H3/b12-4+. The number of rotatable bonds is 1. The molecular weight excluding hydrogens is 266 g/mol. The molecule has 2 heterocycles. The molecule has 1 aromatic carbocycles. The van der Waals surface area contributed by atoms with E-state index in [1.54, 1.807) is 27.0 Å². The minimum absolute atomic E-state index is 0.139. The number of carbonyl (C=O) groups excluding carboxylic acids is 1. The first-order chi connectivity index (χ1) is 10.1. The average molecular weight is 281 g/mol. The molecule has 1 amide bonds. The van der Waals surface area contributed by atoms with Crippen LogP contribution in [0.25, 0.3) is 6.08 Å². The van der Waals surface area contributed by atoms with Gasteiger partial charge in [-0.2, -0.15) is 5.01 Å². The Balaban J connectivity index is 2.33. The number of benzene rings is 1. The lowest BCUT2D eigenvalue weighted by molar-refractivity contribution is 0.0994. The molecule has 0 saturated carbocycles. The van der Waals surface area contributed by atoms with E-state index in [-0.39, 0.29) is 11.5 Å². The van der Waals surface area contributed by atoms with E-state index in [1.807, 2.05) is 30.3 Å². The van der Waals surface area contributed by atoms with Crippen LogP contribution in [0.1, 0.15) is 22.8 Å². The average Bonchev–Trinajstić information content (AvgIpc) is 2.84. The molecule has 21 heavy (non-hydrogen) atoms. The Morgan fingerprint density at radius 1 is 1.14 bits per heavy atom. The molecule has 0 bridgehead atoms. The molecule has 0 unspecified atom stereocenters. The van der Waals surface area contributed by atoms with Crippen LogP contribution >= 0.6 is 0 Å². The molecule has 0 atom stereocenters. The molecule has 1 aliphatic rings. The zero-order valence-electron chi connectivity index (χ0n) is 12.1. The Hall–Kier alpha value is -2.69. The Morgan fingerprint density at radius 3 is 2.43 bits per heavy atom. The van der Waals surface area contributed by atoms with Crippen molar-refractivity contribution in [3.05, 3.63) is 62.5 Å². The van der Waals surface area contributed by atoms with Crippen LogP contribution in [0.15, 0.2) is 40.2 Å². The van der Waals surface area contributed by atoms with Gasteiger partial charge in [-0.3, -0.25) is 14.2 Å². The minimum atomic E-state index is -0.201. The maximum absolute atomic E-state index is 12.7. The summed E-state index contributed by atoms with van der Waals surface area (Å²) in [6.45, 7) is 3.58. The fraction of sp³-hybridized carbons (Fsp3) is 0.188. The second-order valence-corrected chi connectivity index (χ2v) is 4.94. The van der Waals surface area contributed by atoms with Crippen molar-refractivity contribution in [2.75, 3.05) is 5.01 Å². The number of aromatic nitrogens is 1. The van der Waals surface area contributed by atoms with E-state index in [2.05, 4.69) is 5.10 Å². The Kier molecular flexibility index (Phi) is 2.97. The third-order valence-electron chi connectivity index (χ3n) is 3.75. The zero-order chi connectivity index (χ0) is 15.1. The highest BCUT2D eigenvalue weighted by atomic mass is 16.2. The summed E-state index contributed by atoms with van der Waals surface area (Å²) < 4.78 is 1.43. The second-order valence-electron chi connectivity index (χ2n) is 4.94. The van der Waals surface area contributed by atoms with Gasteiger partial charge in [-0.25, -0.2) is 0 Å². The highest BCUT2D eigenvalue weighted by Crippen LogP contribution is 2.19. The maximum Gasteiger partial charge on any atom is 0.282 e. The van der Waals surface area contributed by atoms with Gasteiger partial charge in [0.05, 0.1) is 11.3 Å². The van der Waals surface area contributed by atoms with Crippen molar-refractivity contribution < 1.29 is 4.79 Å². The molecule has 0 spiro atoms. The van der Waals surface area contributed by atoms with E-state index in [0.717, 1.165) is 0 Å². The van der Waals surface area contributed by atoms with Crippen LogP contribution in [-0.2, 0) is 7.05 Å². The van der Waals surface area contributed by atoms with Crippen LogP contribution in [0.2, 0.25) is 0 Å². The van der Waals surface area contributed by atoms with E-state index in [4.69, 9.17) is 0 Å². The van der Waals surface area contributed by atoms with Gasteiger partial charge >= 0.3 is 0 Å². The first kappa shape index (κ1) is 13.3. The largest absolute Gasteiger partial charge is 0.294 e. The summed E-state index contributed by atoms with van der Waals surface area (Å²) in [6, 6.07) is 9.19. The Morgan fingerprint density at radius 2 is 1.81 bits per heavy atom. The van der Waals surface area contributed by atoms with Crippen molar-refractivity contribution in [3.8, 4) is 0 Å². The first-order valence-electron chi connectivity index (χ1n) is 6.70. The van der Waals surface area contributed by atoms with Gasteiger partial charge in [0, 0.05) is 12.3 Å². The van der Waals surface area contributed by atoms with Crippen LogP contribution in [0.4, 0.5) is 5.69 Å². The summed E-state index contributed by atoms with van der Waals surface area (Å²) in [4.78, 5) is 24.9. The van der Waals surface area contributed by atoms with Crippen molar-refractivity contribution in [3.63, 3.8) is 0 Å². The van der Waals surface area contributed by atoms with E-state index in [9.17, 15) is 9.59 Å². The van der Waals surface area contributed by atoms with Gasteiger partial charge in [-0.1, -0.05) is 24.3 Å². The molecular formula is C16H15N3O2. The lowest BCUT2D eigenvalue weighted by Crippen LogP contribution is -2.44. The van der Waals surface area contributed by atoms with Crippen molar-refractivity contribution in [2.45, 2.75) is 13.8 Å². The summed E-state index contributed by atoms with van der Waals surface area (Å²) in [5.74, 6) is -0.201. The molecule has 106 valence electrons. The summed E-state index contributed by atoms with van der Waals surface area (Å²) >= 11 is 0. The van der Waals surface area contributed by atoms with E-state index < -0.39 is 0 Å². The second kappa shape index (κ2) is 4.70. The quantitative estimate of drug-likeness (QED) is 0.772. The third-order valence-corrected chi connectivity index (χ3v) is 3.75. The molecule has 1 aromatic heterocycles. The fourth-order valence-corrected chi connectivity index (χ4v) is 2.61. The number of para-hydroxylation sites is 1. The number of carbonyl (C=O) groups is 1. The number of amides is 1. The number of fused-ring (bicyclic) bond motifs is 1. The first-order valence-corrected chi connectivity index (χ1v) is 6.70. The maximum atomic E-state index is 12.7. The Labute approximate surface area is 121 Å². The molecule has 2 aromatic rings. The predicted molar refractivity (Wildman–Crippen MR) is 80.6 cm³/mol. The summed E-state index contributed by atoms with van der Waals surface area (Å²) in [6.07, 6.45) is 1.73. The number of nitrogens with zero attached hydrogens (tertiary/aromatic N) is 3. The van der Waals surface area contributed by atoms with Crippen LogP contribution in [0.3, 0.4) is 0 Å².